The summed E-state index contributed by atoms with van der Waals surface area (Å²) < 4.78 is 0. The summed E-state index contributed by atoms with van der Waals surface area (Å²) in [5.41, 5.74) is 3.43. The second kappa shape index (κ2) is 9.05. The van der Waals surface area contributed by atoms with E-state index >= 15 is 0 Å². The monoisotopic (exact) mass is 454 g/mol. The van der Waals surface area contributed by atoms with E-state index in [0.717, 1.165) is 32.3 Å². The molecule has 3 unspecified atom stereocenters. The summed E-state index contributed by atoms with van der Waals surface area (Å²) >= 11 is 0. The number of rotatable bonds is 6. The molecule has 152 valence electrons. The van der Waals surface area contributed by atoms with Crippen LogP contribution in [0.4, 0.5) is 0 Å². The molecule has 3 aromatic carbocycles. The standard InChI is InChI=1S/C22H30O3Si4/c1-17-5-11-20(12-6-17)26(23)29(4,27(24)21-13-7-18(2)8-14-21)28(25)22-15-9-19(3)10-16-22/h5-16,23-28H,1-4H3. The maximum Gasteiger partial charge on any atom is 0.191 e. The van der Waals surface area contributed by atoms with Gasteiger partial charge in [0.05, 0.1) is 0 Å². The minimum Gasteiger partial charge on any atom is -0.433 e. The molecule has 0 aromatic heterocycles. The summed E-state index contributed by atoms with van der Waals surface area (Å²) in [6.45, 7) is 5.40. The molecular formula is C22H30O3Si4. The lowest BCUT2D eigenvalue weighted by Gasteiger charge is -2.38. The van der Waals surface area contributed by atoms with Crippen LogP contribution in [-0.2, 0) is 0 Å². The van der Waals surface area contributed by atoms with E-state index in [1.165, 1.54) is 0 Å². The molecule has 0 spiro atoms. The molecule has 0 fully saturated rings. The van der Waals surface area contributed by atoms with Crippen molar-refractivity contribution in [1.82, 2.24) is 0 Å². The summed E-state index contributed by atoms with van der Waals surface area (Å²) in [5.74, 6) is 0. The summed E-state index contributed by atoms with van der Waals surface area (Å²) in [7, 11) is -7.59. The fraction of sp³-hybridized carbons (Fsp3) is 0.182. The van der Waals surface area contributed by atoms with Gasteiger partial charge in [0.2, 0.25) is 0 Å². The van der Waals surface area contributed by atoms with Crippen LogP contribution < -0.4 is 15.6 Å². The molecule has 7 heteroatoms. The van der Waals surface area contributed by atoms with Crippen LogP contribution in [0.2, 0.25) is 6.55 Å². The van der Waals surface area contributed by atoms with Crippen molar-refractivity contribution in [1.29, 1.82) is 0 Å². The highest BCUT2D eigenvalue weighted by molar-refractivity contribution is 7.81. The smallest absolute Gasteiger partial charge is 0.191 e. The van der Waals surface area contributed by atoms with Crippen LogP contribution in [0.25, 0.3) is 0 Å². The van der Waals surface area contributed by atoms with Crippen molar-refractivity contribution in [3.05, 3.63) is 89.5 Å². The topological polar surface area (TPSA) is 60.7 Å². The maximum absolute atomic E-state index is 11.7. The minimum atomic E-state index is -2.75. The van der Waals surface area contributed by atoms with Gasteiger partial charge < -0.3 is 14.4 Å². The molecule has 0 radical (unpaired) electrons. The van der Waals surface area contributed by atoms with Gasteiger partial charge in [0.15, 0.2) is 25.7 Å². The van der Waals surface area contributed by atoms with Gasteiger partial charge in [0.25, 0.3) is 0 Å². The lowest BCUT2D eigenvalue weighted by Crippen LogP contribution is -2.79. The van der Waals surface area contributed by atoms with E-state index in [1.807, 2.05) is 93.6 Å². The van der Waals surface area contributed by atoms with Gasteiger partial charge in [-0.3, -0.25) is 0 Å². The van der Waals surface area contributed by atoms with Gasteiger partial charge in [-0.1, -0.05) is 96.0 Å². The first-order chi connectivity index (χ1) is 13.7. The normalized spacial score (nSPS) is 16.7. The van der Waals surface area contributed by atoms with Crippen molar-refractivity contribution in [2.45, 2.75) is 27.3 Å². The van der Waals surface area contributed by atoms with E-state index in [4.69, 9.17) is 0 Å². The molecule has 0 aliphatic heterocycles. The molecular weight excluding hydrogens is 425 g/mol. The molecule has 0 aliphatic rings. The van der Waals surface area contributed by atoms with E-state index in [-0.39, 0.29) is 0 Å². The molecule has 0 heterocycles. The van der Waals surface area contributed by atoms with Crippen molar-refractivity contribution in [3.8, 4) is 0 Å². The molecule has 0 amide bonds. The van der Waals surface area contributed by atoms with Crippen LogP contribution >= 0.6 is 0 Å². The third-order valence-electron chi connectivity index (χ3n) is 5.95. The first-order valence-corrected chi connectivity index (χ1v) is 21.2. The van der Waals surface area contributed by atoms with E-state index in [1.54, 1.807) is 0 Å². The lowest BCUT2D eigenvalue weighted by molar-refractivity contribution is 0.586. The third-order valence-corrected chi connectivity index (χ3v) is 43.2. The van der Waals surface area contributed by atoms with Crippen LogP contribution in [0.5, 0.6) is 0 Å². The Bertz CT molecular complexity index is 818. The number of benzene rings is 3. The van der Waals surface area contributed by atoms with E-state index in [0.29, 0.717) is 0 Å². The van der Waals surface area contributed by atoms with Gasteiger partial charge in [-0.15, -0.1) is 0 Å². The van der Waals surface area contributed by atoms with Crippen LogP contribution in [0.15, 0.2) is 72.8 Å². The Hall–Kier alpha value is -1.59. The zero-order valence-corrected chi connectivity index (χ0v) is 22.0. The molecule has 29 heavy (non-hydrogen) atoms. The van der Waals surface area contributed by atoms with E-state index in [2.05, 4.69) is 6.55 Å². The highest BCUT2D eigenvalue weighted by atomic mass is 29.9. The van der Waals surface area contributed by atoms with Crippen molar-refractivity contribution < 1.29 is 14.4 Å². The van der Waals surface area contributed by atoms with Gasteiger partial charge >= 0.3 is 0 Å². The Balaban J connectivity index is 2.09. The Kier molecular flexibility index (Phi) is 6.89. The van der Waals surface area contributed by atoms with Gasteiger partial charge in [0.1, 0.15) is 6.63 Å². The van der Waals surface area contributed by atoms with E-state index in [9.17, 15) is 14.4 Å². The highest BCUT2D eigenvalue weighted by Gasteiger charge is 2.54. The summed E-state index contributed by atoms with van der Waals surface area (Å²) in [5, 5.41) is 2.80. The lowest BCUT2D eigenvalue weighted by atomic mass is 10.2. The molecule has 0 aliphatic carbocycles. The Labute approximate surface area is 178 Å². The van der Waals surface area contributed by atoms with Crippen LogP contribution in [-0.4, -0.2) is 46.7 Å². The van der Waals surface area contributed by atoms with Crippen molar-refractivity contribution >= 4 is 47.9 Å². The van der Waals surface area contributed by atoms with Crippen LogP contribution in [0.1, 0.15) is 16.7 Å². The first kappa shape index (κ1) is 22.1. The average Bonchev–Trinajstić information content (AvgIpc) is 2.73. The van der Waals surface area contributed by atoms with Gasteiger partial charge in [-0.05, 0) is 36.3 Å². The zero-order valence-electron chi connectivity index (χ0n) is 17.5. The number of hydrogen-bond donors (Lipinski definition) is 3. The molecule has 3 rings (SSSR count). The quantitative estimate of drug-likeness (QED) is 0.463. The zero-order chi connectivity index (χ0) is 21.2. The number of hydrogen-bond acceptors (Lipinski definition) is 3. The minimum absolute atomic E-state index is 0.932. The summed E-state index contributed by atoms with van der Waals surface area (Å²) in [6.07, 6.45) is 0. The Morgan fingerprint density at radius 3 is 0.897 bits per heavy atom. The SMILES string of the molecule is Cc1ccc([SiH](O)[Si](C)([SiH](O)c2ccc(C)cc2)[SiH](O)c2ccc(C)cc2)cc1. The van der Waals surface area contributed by atoms with Gasteiger partial charge in [-0.2, -0.15) is 0 Å². The number of aryl methyl sites for hydroxylation is 3. The van der Waals surface area contributed by atoms with Crippen molar-refractivity contribution in [2.75, 3.05) is 0 Å². The van der Waals surface area contributed by atoms with Gasteiger partial charge in [0, 0.05) is 0 Å². The van der Waals surface area contributed by atoms with E-state index < -0.39 is 32.3 Å². The molecule has 0 saturated carbocycles. The fourth-order valence-corrected chi connectivity index (χ4v) is 37.9. The average molecular weight is 455 g/mol. The molecule has 0 saturated heterocycles. The van der Waals surface area contributed by atoms with Crippen LogP contribution in [0, 0.1) is 20.8 Å². The first-order valence-electron chi connectivity index (χ1n) is 9.97. The molecule has 3 N–H and O–H groups in total. The molecule has 3 aromatic rings. The molecule has 0 bridgehead atoms. The maximum atomic E-state index is 11.7. The predicted molar refractivity (Wildman–Crippen MR) is 132 cm³/mol. The highest BCUT2D eigenvalue weighted by Crippen LogP contribution is 2.15. The largest absolute Gasteiger partial charge is 0.433 e. The van der Waals surface area contributed by atoms with Crippen molar-refractivity contribution in [2.24, 2.45) is 0 Å². The second-order valence-corrected chi connectivity index (χ2v) is 37.6. The fourth-order valence-electron chi connectivity index (χ4n) is 3.77. The Morgan fingerprint density at radius 1 is 0.483 bits per heavy atom. The summed E-state index contributed by atoms with van der Waals surface area (Å²) in [4.78, 5) is 35.0. The second-order valence-electron chi connectivity index (χ2n) is 8.31. The summed E-state index contributed by atoms with van der Waals surface area (Å²) in [6, 6.07) is 24.0. The van der Waals surface area contributed by atoms with Gasteiger partial charge in [-0.25, -0.2) is 0 Å². The predicted octanol–water partition coefficient (Wildman–Crippen LogP) is 0.0954. The molecule has 3 nitrogen and oxygen atoms in total. The Morgan fingerprint density at radius 2 is 0.690 bits per heavy atom. The molecule has 3 atom stereocenters. The van der Waals surface area contributed by atoms with Crippen molar-refractivity contribution in [3.63, 3.8) is 0 Å². The van der Waals surface area contributed by atoms with Crippen LogP contribution in [0.3, 0.4) is 0 Å². The third kappa shape index (κ3) is 4.61.